The molecule has 0 spiro atoms. The van der Waals surface area contributed by atoms with Crippen molar-refractivity contribution < 1.29 is 9.52 Å². The van der Waals surface area contributed by atoms with Crippen LogP contribution in [0.4, 0.5) is 0 Å². The van der Waals surface area contributed by atoms with Crippen molar-refractivity contribution in [3.8, 4) is 5.75 Å². The van der Waals surface area contributed by atoms with Crippen molar-refractivity contribution in [3.63, 3.8) is 0 Å². The van der Waals surface area contributed by atoms with E-state index in [2.05, 4.69) is 0 Å². The third-order valence-corrected chi connectivity index (χ3v) is 1.87. The van der Waals surface area contributed by atoms with Gasteiger partial charge in [0.05, 0.1) is 6.07 Å². The summed E-state index contributed by atoms with van der Waals surface area (Å²) in [4.78, 5) is 10.8. The Balaban J connectivity index is 3.08. The second-order valence-electron chi connectivity index (χ2n) is 2.85. The first kappa shape index (κ1) is 8.84. The highest BCUT2D eigenvalue weighted by molar-refractivity contribution is 5.20. The van der Waals surface area contributed by atoms with Crippen molar-refractivity contribution in [1.82, 2.24) is 0 Å². The van der Waals surface area contributed by atoms with E-state index in [-0.39, 0.29) is 11.7 Å². The molecular weight excluding hydrogens is 156 g/mol. The summed E-state index contributed by atoms with van der Waals surface area (Å²) in [6.45, 7) is 3.94. The molecule has 0 aromatic carbocycles. The van der Waals surface area contributed by atoms with Gasteiger partial charge in [-0.3, -0.25) is 0 Å². The molecule has 0 aliphatic carbocycles. The fourth-order valence-corrected chi connectivity index (χ4v) is 0.927. The van der Waals surface area contributed by atoms with Gasteiger partial charge in [-0.05, 0) is 6.42 Å². The average Bonchev–Trinajstić information content (AvgIpc) is 2.01. The maximum absolute atomic E-state index is 10.8. The van der Waals surface area contributed by atoms with Crippen molar-refractivity contribution in [2.24, 2.45) is 0 Å². The molecule has 1 atom stereocenters. The van der Waals surface area contributed by atoms with E-state index in [4.69, 9.17) is 9.52 Å². The fourth-order valence-electron chi connectivity index (χ4n) is 0.927. The zero-order chi connectivity index (χ0) is 9.14. The zero-order valence-corrected chi connectivity index (χ0v) is 7.20. The molecule has 1 aromatic heterocycles. The van der Waals surface area contributed by atoms with E-state index in [1.165, 1.54) is 6.07 Å². The standard InChI is InChI=1S/C9H12O3/c1-3-6(2)8-4-7(10)5-9(11)12-8/h4-6,10H,3H2,1-2H3/t6-/m0/s1. The summed E-state index contributed by atoms with van der Waals surface area (Å²) in [5.74, 6) is 0.689. The molecule has 1 rings (SSSR count). The lowest BCUT2D eigenvalue weighted by Gasteiger charge is -2.05. The van der Waals surface area contributed by atoms with Gasteiger partial charge < -0.3 is 9.52 Å². The molecule has 0 aliphatic heterocycles. The summed E-state index contributed by atoms with van der Waals surface area (Å²) >= 11 is 0. The lowest BCUT2D eigenvalue weighted by Crippen LogP contribution is -2.01. The normalized spacial score (nSPS) is 12.8. The number of rotatable bonds is 2. The molecule has 0 fully saturated rings. The minimum Gasteiger partial charge on any atom is -0.508 e. The molecular formula is C9H12O3. The summed E-state index contributed by atoms with van der Waals surface area (Å²) in [6.07, 6.45) is 0.881. The van der Waals surface area contributed by atoms with E-state index in [9.17, 15) is 4.79 Å². The minimum atomic E-state index is -0.495. The van der Waals surface area contributed by atoms with Crippen LogP contribution in [0.25, 0.3) is 0 Å². The lowest BCUT2D eigenvalue weighted by atomic mass is 10.1. The SMILES string of the molecule is CC[C@H](C)c1cc(O)cc(=O)o1. The highest BCUT2D eigenvalue weighted by Gasteiger charge is 2.07. The van der Waals surface area contributed by atoms with Gasteiger partial charge in [-0.2, -0.15) is 0 Å². The third kappa shape index (κ3) is 1.87. The van der Waals surface area contributed by atoms with Crippen LogP contribution < -0.4 is 5.63 Å². The van der Waals surface area contributed by atoms with E-state index < -0.39 is 5.63 Å². The van der Waals surface area contributed by atoms with Gasteiger partial charge in [0.2, 0.25) is 0 Å². The molecule has 12 heavy (non-hydrogen) atoms. The molecule has 1 aromatic rings. The molecule has 1 heterocycles. The molecule has 0 bridgehead atoms. The number of aromatic hydroxyl groups is 1. The highest BCUT2D eigenvalue weighted by Crippen LogP contribution is 2.19. The molecule has 1 N–H and O–H groups in total. The van der Waals surface area contributed by atoms with Gasteiger partial charge in [0, 0.05) is 12.0 Å². The Morgan fingerprint density at radius 1 is 1.58 bits per heavy atom. The summed E-state index contributed by atoms with van der Waals surface area (Å²) in [5.41, 5.74) is -0.495. The summed E-state index contributed by atoms with van der Waals surface area (Å²) in [5, 5.41) is 9.08. The third-order valence-electron chi connectivity index (χ3n) is 1.87. The van der Waals surface area contributed by atoms with Crippen LogP contribution in [-0.2, 0) is 0 Å². The van der Waals surface area contributed by atoms with Crippen molar-refractivity contribution >= 4 is 0 Å². The van der Waals surface area contributed by atoms with E-state index in [1.54, 1.807) is 0 Å². The Hall–Kier alpha value is -1.25. The van der Waals surface area contributed by atoms with Gasteiger partial charge in [0.15, 0.2) is 0 Å². The van der Waals surface area contributed by atoms with E-state index in [0.29, 0.717) is 5.76 Å². The summed E-state index contributed by atoms with van der Waals surface area (Å²) < 4.78 is 4.90. The molecule has 0 saturated carbocycles. The van der Waals surface area contributed by atoms with E-state index in [1.807, 2.05) is 13.8 Å². The molecule has 3 heteroatoms. The van der Waals surface area contributed by atoms with Gasteiger partial charge in [-0.25, -0.2) is 4.79 Å². The molecule has 0 unspecified atom stereocenters. The van der Waals surface area contributed by atoms with Crippen LogP contribution in [0.1, 0.15) is 31.9 Å². The highest BCUT2D eigenvalue weighted by atomic mass is 16.4. The molecule has 0 radical (unpaired) electrons. The first-order valence-corrected chi connectivity index (χ1v) is 3.97. The monoisotopic (exact) mass is 168 g/mol. The number of hydrogen-bond donors (Lipinski definition) is 1. The summed E-state index contributed by atoms with van der Waals surface area (Å²) in [6, 6.07) is 2.54. The largest absolute Gasteiger partial charge is 0.508 e. The van der Waals surface area contributed by atoms with E-state index in [0.717, 1.165) is 12.5 Å². The first-order chi connectivity index (χ1) is 5.63. The smallest absolute Gasteiger partial charge is 0.339 e. The number of hydrogen-bond acceptors (Lipinski definition) is 3. The molecule has 0 amide bonds. The Morgan fingerprint density at radius 3 is 2.75 bits per heavy atom. The van der Waals surface area contributed by atoms with Gasteiger partial charge in [0.25, 0.3) is 0 Å². The van der Waals surface area contributed by atoms with Gasteiger partial charge in [-0.15, -0.1) is 0 Å². The maximum atomic E-state index is 10.8. The van der Waals surface area contributed by atoms with Crippen molar-refractivity contribution in [3.05, 3.63) is 28.3 Å². The Kier molecular flexibility index (Phi) is 2.53. The van der Waals surface area contributed by atoms with Crippen molar-refractivity contribution in [1.29, 1.82) is 0 Å². The van der Waals surface area contributed by atoms with Crippen LogP contribution in [0.5, 0.6) is 5.75 Å². The fraction of sp³-hybridized carbons (Fsp3) is 0.444. The summed E-state index contributed by atoms with van der Waals surface area (Å²) in [7, 11) is 0. The topological polar surface area (TPSA) is 50.4 Å². The maximum Gasteiger partial charge on any atom is 0.339 e. The Labute approximate surface area is 70.7 Å². The Morgan fingerprint density at radius 2 is 2.25 bits per heavy atom. The van der Waals surface area contributed by atoms with Crippen molar-refractivity contribution in [2.75, 3.05) is 0 Å². The minimum absolute atomic E-state index is 0.0263. The molecule has 66 valence electrons. The van der Waals surface area contributed by atoms with Gasteiger partial charge in [0.1, 0.15) is 11.5 Å². The van der Waals surface area contributed by atoms with Crippen molar-refractivity contribution in [2.45, 2.75) is 26.2 Å². The molecule has 0 saturated heterocycles. The lowest BCUT2D eigenvalue weighted by molar-refractivity contribution is 0.403. The van der Waals surface area contributed by atoms with E-state index >= 15 is 0 Å². The van der Waals surface area contributed by atoms with Gasteiger partial charge >= 0.3 is 5.63 Å². The predicted molar refractivity (Wildman–Crippen MR) is 45.3 cm³/mol. The Bertz CT molecular complexity index is 314. The quantitative estimate of drug-likeness (QED) is 0.733. The molecule has 3 nitrogen and oxygen atoms in total. The second kappa shape index (κ2) is 3.43. The zero-order valence-electron chi connectivity index (χ0n) is 7.20. The van der Waals surface area contributed by atoms with Crippen LogP contribution in [0.3, 0.4) is 0 Å². The first-order valence-electron chi connectivity index (χ1n) is 3.97. The second-order valence-corrected chi connectivity index (χ2v) is 2.85. The van der Waals surface area contributed by atoms with Crippen LogP contribution in [-0.4, -0.2) is 5.11 Å². The van der Waals surface area contributed by atoms with Crippen LogP contribution in [0.15, 0.2) is 21.3 Å². The molecule has 0 aliphatic rings. The predicted octanol–water partition coefficient (Wildman–Crippen LogP) is 1.86. The van der Waals surface area contributed by atoms with Crippen LogP contribution in [0, 0.1) is 0 Å². The van der Waals surface area contributed by atoms with Crippen LogP contribution in [0.2, 0.25) is 0 Å². The van der Waals surface area contributed by atoms with Crippen LogP contribution >= 0.6 is 0 Å². The average molecular weight is 168 g/mol. The van der Waals surface area contributed by atoms with Gasteiger partial charge in [-0.1, -0.05) is 13.8 Å².